The average Bonchev–Trinajstić information content (AvgIpc) is 3.51. The number of carbonyl (C=O) groups excluding carboxylic acids is 2. The summed E-state index contributed by atoms with van der Waals surface area (Å²) in [5, 5.41) is 7.20. The van der Waals surface area contributed by atoms with Crippen LogP contribution in [0.2, 0.25) is 0 Å². The third-order valence-corrected chi connectivity index (χ3v) is 7.01. The minimum atomic E-state index is -0.408. The summed E-state index contributed by atoms with van der Waals surface area (Å²) in [6.07, 6.45) is 0. The number of thiazole rings is 1. The SMILES string of the molecule is Cc1ccc(-c2nc3s/c(=C4\C(=O)N(CC(=O)Nc5ccccc5)c5ccccc54)c(=O)n3n2)cc1. The minimum absolute atomic E-state index is 0.180. The third kappa shape index (κ3) is 3.66. The summed E-state index contributed by atoms with van der Waals surface area (Å²) < 4.78 is 1.49. The van der Waals surface area contributed by atoms with E-state index >= 15 is 0 Å². The Balaban J connectivity index is 1.40. The van der Waals surface area contributed by atoms with Crippen molar-refractivity contribution in [2.75, 3.05) is 16.8 Å². The van der Waals surface area contributed by atoms with Crippen LogP contribution in [0.1, 0.15) is 11.1 Å². The van der Waals surface area contributed by atoms with Gasteiger partial charge in [-0.3, -0.25) is 19.3 Å². The van der Waals surface area contributed by atoms with Gasteiger partial charge in [0.05, 0.1) is 11.3 Å². The van der Waals surface area contributed by atoms with E-state index < -0.39 is 11.5 Å². The van der Waals surface area contributed by atoms with Crippen LogP contribution in [0.15, 0.2) is 83.7 Å². The number of amides is 2. The normalized spacial score (nSPS) is 14.4. The van der Waals surface area contributed by atoms with Gasteiger partial charge in [0.1, 0.15) is 11.1 Å². The number of fused-ring (bicyclic) bond motifs is 2. The Bertz CT molecular complexity index is 1760. The first-order valence-corrected chi connectivity index (χ1v) is 12.1. The van der Waals surface area contributed by atoms with Crippen LogP contribution in [0.4, 0.5) is 11.4 Å². The summed E-state index contributed by atoms with van der Waals surface area (Å²) in [5.41, 5.74) is 3.61. The number of nitrogens with zero attached hydrogens (tertiary/aromatic N) is 4. The first kappa shape index (κ1) is 21.9. The Morgan fingerprint density at radius 3 is 2.42 bits per heavy atom. The quantitative estimate of drug-likeness (QED) is 0.415. The molecule has 3 aromatic carbocycles. The summed E-state index contributed by atoms with van der Waals surface area (Å²) in [7, 11) is 0. The van der Waals surface area contributed by atoms with Gasteiger partial charge in [-0.2, -0.15) is 9.50 Å². The molecule has 0 fully saturated rings. The summed E-state index contributed by atoms with van der Waals surface area (Å²) >= 11 is 1.12. The number of aryl methyl sites for hydroxylation is 1. The van der Waals surface area contributed by atoms with Crippen molar-refractivity contribution in [1.29, 1.82) is 0 Å². The molecule has 1 aliphatic rings. The molecule has 36 heavy (non-hydrogen) atoms. The number of aromatic nitrogens is 3. The minimum Gasteiger partial charge on any atom is -0.325 e. The predicted molar refractivity (Wildman–Crippen MR) is 139 cm³/mol. The molecule has 9 heteroatoms. The standard InChI is InChI=1S/C27H19N5O3S/c1-16-11-13-17(14-12-16)24-29-27-32(30-24)26(35)23(36-27)22-19-9-5-6-10-20(19)31(25(22)34)15-21(33)28-18-7-3-2-4-8-18/h2-14H,15H2,1H3,(H,28,33)/b23-22-. The monoisotopic (exact) mass is 493 g/mol. The van der Waals surface area contributed by atoms with Crippen molar-refractivity contribution in [1.82, 2.24) is 14.6 Å². The molecule has 1 N–H and O–H groups in total. The molecule has 176 valence electrons. The molecule has 0 aliphatic carbocycles. The van der Waals surface area contributed by atoms with Crippen LogP contribution in [0.5, 0.6) is 0 Å². The maximum atomic E-state index is 13.5. The van der Waals surface area contributed by atoms with E-state index in [1.54, 1.807) is 36.4 Å². The van der Waals surface area contributed by atoms with Crippen LogP contribution in [-0.2, 0) is 9.59 Å². The lowest BCUT2D eigenvalue weighted by Crippen LogP contribution is -2.37. The van der Waals surface area contributed by atoms with Crippen molar-refractivity contribution < 1.29 is 9.59 Å². The molecule has 0 unspecified atom stereocenters. The van der Waals surface area contributed by atoms with Crippen LogP contribution < -0.4 is 20.3 Å². The molecule has 0 atom stereocenters. The van der Waals surface area contributed by atoms with E-state index in [4.69, 9.17) is 0 Å². The maximum Gasteiger partial charge on any atom is 0.291 e. The molecule has 2 amide bonds. The number of carbonyl (C=O) groups is 2. The number of hydrogen-bond donors (Lipinski definition) is 1. The second-order valence-electron chi connectivity index (χ2n) is 8.43. The largest absolute Gasteiger partial charge is 0.325 e. The lowest BCUT2D eigenvalue weighted by atomic mass is 10.1. The number of nitrogens with one attached hydrogen (secondary N) is 1. The number of benzene rings is 3. The van der Waals surface area contributed by atoms with Gasteiger partial charge < -0.3 is 5.32 Å². The van der Waals surface area contributed by atoms with E-state index in [0.717, 1.165) is 22.5 Å². The van der Waals surface area contributed by atoms with Gasteiger partial charge in [0, 0.05) is 16.8 Å². The fourth-order valence-electron chi connectivity index (χ4n) is 4.23. The van der Waals surface area contributed by atoms with Crippen LogP contribution >= 0.6 is 11.3 Å². The fraction of sp³-hybridized carbons (Fsp3) is 0.0741. The van der Waals surface area contributed by atoms with Gasteiger partial charge in [-0.1, -0.05) is 77.6 Å². The van der Waals surface area contributed by atoms with Crippen molar-refractivity contribution in [3.8, 4) is 11.4 Å². The number of hydrogen-bond acceptors (Lipinski definition) is 6. The number of para-hydroxylation sites is 2. The molecule has 6 rings (SSSR count). The second-order valence-corrected chi connectivity index (χ2v) is 9.41. The van der Waals surface area contributed by atoms with Gasteiger partial charge >= 0.3 is 0 Å². The Morgan fingerprint density at radius 2 is 1.67 bits per heavy atom. The van der Waals surface area contributed by atoms with Crippen molar-refractivity contribution in [3.63, 3.8) is 0 Å². The topological polar surface area (TPSA) is 96.7 Å². The average molecular weight is 494 g/mol. The number of anilines is 2. The van der Waals surface area contributed by atoms with Crippen LogP contribution in [0, 0.1) is 6.92 Å². The highest BCUT2D eigenvalue weighted by atomic mass is 32.1. The number of rotatable bonds is 4. The highest BCUT2D eigenvalue weighted by Crippen LogP contribution is 2.35. The van der Waals surface area contributed by atoms with Crippen LogP contribution in [0.25, 0.3) is 21.9 Å². The predicted octanol–water partition coefficient (Wildman–Crippen LogP) is 3.03. The first-order chi connectivity index (χ1) is 17.5. The molecule has 0 saturated carbocycles. The van der Waals surface area contributed by atoms with Crippen LogP contribution in [0.3, 0.4) is 0 Å². The summed E-state index contributed by atoms with van der Waals surface area (Å²) in [5.74, 6) is -0.287. The summed E-state index contributed by atoms with van der Waals surface area (Å²) in [4.78, 5) is 46.0. The smallest absolute Gasteiger partial charge is 0.291 e. The molecule has 1 aliphatic heterocycles. The Morgan fingerprint density at radius 1 is 0.944 bits per heavy atom. The maximum absolute atomic E-state index is 13.5. The van der Waals surface area contributed by atoms with Crippen molar-refractivity contribution in [2.45, 2.75) is 6.92 Å². The molecule has 0 spiro atoms. The van der Waals surface area contributed by atoms with Gasteiger partial charge in [0.25, 0.3) is 11.5 Å². The highest BCUT2D eigenvalue weighted by molar-refractivity contribution is 7.15. The molecule has 2 aromatic heterocycles. The van der Waals surface area contributed by atoms with Crippen LogP contribution in [-0.4, -0.2) is 33.0 Å². The highest BCUT2D eigenvalue weighted by Gasteiger charge is 2.35. The van der Waals surface area contributed by atoms with Crippen molar-refractivity contribution >= 4 is 45.1 Å². The van der Waals surface area contributed by atoms with Gasteiger partial charge in [0.2, 0.25) is 10.9 Å². The van der Waals surface area contributed by atoms with E-state index in [2.05, 4.69) is 15.4 Å². The van der Waals surface area contributed by atoms with Gasteiger partial charge in [-0.15, -0.1) is 5.10 Å². The third-order valence-electron chi connectivity index (χ3n) is 5.98. The molecular formula is C27H19N5O3S. The zero-order valence-corrected chi connectivity index (χ0v) is 20.0. The lowest BCUT2D eigenvalue weighted by Gasteiger charge is -2.16. The molecule has 0 saturated heterocycles. The molecule has 0 bridgehead atoms. The Kier molecular flexibility index (Phi) is 5.19. The van der Waals surface area contributed by atoms with E-state index in [9.17, 15) is 14.4 Å². The van der Waals surface area contributed by atoms with Crippen molar-refractivity contribution in [3.05, 3.63) is 105 Å². The van der Waals surface area contributed by atoms with E-state index in [0.29, 0.717) is 27.7 Å². The second kappa shape index (κ2) is 8.54. The first-order valence-electron chi connectivity index (χ1n) is 11.3. The zero-order valence-electron chi connectivity index (χ0n) is 19.1. The molecule has 3 heterocycles. The van der Waals surface area contributed by atoms with E-state index in [-0.39, 0.29) is 22.6 Å². The Hall–Kier alpha value is -4.63. The van der Waals surface area contributed by atoms with E-state index in [1.807, 2.05) is 49.4 Å². The van der Waals surface area contributed by atoms with Gasteiger partial charge in [-0.25, -0.2) is 0 Å². The molecule has 0 radical (unpaired) electrons. The van der Waals surface area contributed by atoms with Crippen molar-refractivity contribution in [2.24, 2.45) is 0 Å². The Labute approximate surface area is 209 Å². The summed E-state index contributed by atoms with van der Waals surface area (Å²) in [6, 6.07) is 23.9. The molecule has 8 nitrogen and oxygen atoms in total. The molecular weight excluding hydrogens is 474 g/mol. The fourth-order valence-corrected chi connectivity index (χ4v) is 5.23. The molecule has 5 aromatic rings. The zero-order chi connectivity index (χ0) is 24.8. The van der Waals surface area contributed by atoms with Gasteiger partial charge in [-0.05, 0) is 25.1 Å². The van der Waals surface area contributed by atoms with E-state index in [1.165, 1.54) is 9.42 Å². The lowest BCUT2D eigenvalue weighted by molar-refractivity contribution is -0.118. The van der Waals surface area contributed by atoms with Gasteiger partial charge in [0.15, 0.2) is 5.82 Å². The summed E-state index contributed by atoms with van der Waals surface area (Å²) in [6.45, 7) is 1.81.